The Hall–Kier alpha value is -3.64. The van der Waals surface area contributed by atoms with Gasteiger partial charge in [0.1, 0.15) is 5.75 Å². The monoisotopic (exact) mass is 572 g/mol. The second-order valence-corrected chi connectivity index (χ2v) is 9.94. The maximum absolute atomic E-state index is 12.9. The van der Waals surface area contributed by atoms with Crippen LogP contribution in [0.15, 0.2) is 65.6 Å². The maximum atomic E-state index is 12.9. The summed E-state index contributed by atoms with van der Waals surface area (Å²) < 4.78 is 81.9. The summed E-state index contributed by atoms with van der Waals surface area (Å²) in [5.74, 6) is 0.796. The molecule has 3 rings (SSSR count). The van der Waals surface area contributed by atoms with Crippen molar-refractivity contribution in [2.75, 3.05) is 32.1 Å². The number of anilines is 1. The van der Waals surface area contributed by atoms with E-state index in [1.165, 1.54) is 26.4 Å². The number of halogens is 4. The number of amides is 1. The summed E-state index contributed by atoms with van der Waals surface area (Å²) >= 11 is 6.12. The summed E-state index contributed by atoms with van der Waals surface area (Å²) in [6.45, 7) is -0.0516. The van der Waals surface area contributed by atoms with E-state index in [4.69, 9.17) is 25.8 Å². The van der Waals surface area contributed by atoms with Gasteiger partial charge in [-0.05, 0) is 60.5 Å². The van der Waals surface area contributed by atoms with Gasteiger partial charge in [-0.3, -0.25) is 9.52 Å². The first-order valence-electron chi connectivity index (χ1n) is 11.0. The zero-order valence-corrected chi connectivity index (χ0v) is 21.8. The molecular weight excluding hydrogens is 549 g/mol. The van der Waals surface area contributed by atoms with Gasteiger partial charge < -0.3 is 19.5 Å². The minimum Gasteiger partial charge on any atom is -0.493 e. The number of benzene rings is 3. The van der Waals surface area contributed by atoms with Crippen LogP contribution in [0.3, 0.4) is 0 Å². The molecule has 0 aliphatic carbocycles. The predicted molar refractivity (Wildman–Crippen MR) is 135 cm³/mol. The van der Waals surface area contributed by atoms with E-state index in [0.717, 1.165) is 29.8 Å². The molecule has 0 fully saturated rings. The van der Waals surface area contributed by atoms with E-state index in [0.29, 0.717) is 30.5 Å². The van der Waals surface area contributed by atoms with Gasteiger partial charge in [0.2, 0.25) is 0 Å². The number of carbonyl (C=O) groups is 1. The average molecular weight is 573 g/mol. The standard InChI is InChI=1S/C25H24ClF3N2O6S/c1-35-22-8-6-16(12-23(22)36-2)10-11-30-24(32)15-37-21-9-7-19(14-20(21)26)38(33,34)31-18-5-3-4-17(13-18)25(27,28)29/h3-9,12-14,31H,10-11,15H2,1-2H3,(H,30,32). The van der Waals surface area contributed by atoms with Gasteiger partial charge in [-0.1, -0.05) is 23.7 Å². The average Bonchev–Trinajstić information content (AvgIpc) is 2.87. The van der Waals surface area contributed by atoms with Gasteiger partial charge in [0.05, 0.1) is 29.7 Å². The van der Waals surface area contributed by atoms with Gasteiger partial charge in [-0.15, -0.1) is 0 Å². The van der Waals surface area contributed by atoms with Crippen molar-refractivity contribution in [2.24, 2.45) is 0 Å². The molecule has 0 atom stereocenters. The number of hydrogen-bond acceptors (Lipinski definition) is 6. The number of nitrogens with one attached hydrogen (secondary N) is 2. The van der Waals surface area contributed by atoms with Gasteiger partial charge in [-0.2, -0.15) is 13.2 Å². The molecule has 0 aliphatic rings. The molecule has 0 spiro atoms. The minimum absolute atomic E-state index is 0.0553. The molecule has 0 aliphatic heterocycles. The number of carbonyl (C=O) groups excluding carboxylic acids is 1. The lowest BCUT2D eigenvalue weighted by Crippen LogP contribution is -2.30. The highest BCUT2D eigenvalue weighted by Crippen LogP contribution is 2.32. The molecular formula is C25H24ClF3N2O6S. The SMILES string of the molecule is COc1ccc(CCNC(=O)COc2ccc(S(=O)(=O)Nc3cccc(C(F)(F)F)c3)cc2Cl)cc1OC. The summed E-state index contributed by atoms with van der Waals surface area (Å²) in [4.78, 5) is 11.9. The fraction of sp³-hybridized carbons (Fsp3) is 0.240. The van der Waals surface area contributed by atoms with Crippen molar-refractivity contribution in [3.63, 3.8) is 0 Å². The van der Waals surface area contributed by atoms with Crippen molar-refractivity contribution in [1.82, 2.24) is 5.32 Å². The van der Waals surface area contributed by atoms with Crippen molar-refractivity contribution >= 4 is 33.2 Å². The summed E-state index contributed by atoms with van der Waals surface area (Å²) in [5.41, 5.74) is -0.343. The van der Waals surface area contributed by atoms with E-state index in [-0.39, 0.29) is 28.0 Å². The number of ether oxygens (including phenoxy) is 3. The molecule has 13 heteroatoms. The van der Waals surface area contributed by atoms with Gasteiger partial charge >= 0.3 is 6.18 Å². The number of sulfonamides is 1. The molecule has 1 amide bonds. The maximum Gasteiger partial charge on any atom is 0.416 e. The Morgan fingerprint density at radius 1 is 0.947 bits per heavy atom. The van der Waals surface area contributed by atoms with Crippen LogP contribution in [0.1, 0.15) is 11.1 Å². The predicted octanol–water partition coefficient (Wildman–Crippen LogP) is 4.91. The van der Waals surface area contributed by atoms with Crippen LogP contribution < -0.4 is 24.2 Å². The second kappa shape index (κ2) is 12.3. The van der Waals surface area contributed by atoms with Crippen LogP contribution in [0.25, 0.3) is 0 Å². The lowest BCUT2D eigenvalue weighted by molar-refractivity contribution is -0.137. The van der Waals surface area contributed by atoms with Gasteiger partial charge in [0, 0.05) is 12.2 Å². The molecule has 3 aromatic rings. The fourth-order valence-corrected chi connectivity index (χ4v) is 4.69. The fourth-order valence-electron chi connectivity index (χ4n) is 3.32. The van der Waals surface area contributed by atoms with E-state index in [1.54, 1.807) is 12.1 Å². The molecule has 204 valence electrons. The normalized spacial score (nSPS) is 11.5. The molecule has 0 saturated heterocycles. The Kier molecular flexibility index (Phi) is 9.34. The van der Waals surface area contributed by atoms with E-state index >= 15 is 0 Å². The smallest absolute Gasteiger partial charge is 0.416 e. The molecule has 8 nitrogen and oxygen atoms in total. The first-order chi connectivity index (χ1) is 17.9. The Bertz CT molecular complexity index is 1400. The number of methoxy groups -OCH3 is 2. The summed E-state index contributed by atoms with van der Waals surface area (Å²) in [6, 6.07) is 12.7. The van der Waals surface area contributed by atoms with E-state index in [9.17, 15) is 26.4 Å². The lowest BCUT2D eigenvalue weighted by atomic mass is 10.1. The van der Waals surface area contributed by atoms with Crippen LogP contribution in [-0.4, -0.2) is 41.7 Å². The summed E-state index contributed by atoms with van der Waals surface area (Å²) in [6.07, 6.45) is -4.10. The third-order valence-corrected chi connectivity index (χ3v) is 6.87. The first kappa shape index (κ1) is 28.9. The van der Waals surface area contributed by atoms with E-state index in [1.807, 2.05) is 6.07 Å². The van der Waals surface area contributed by atoms with Crippen LogP contribution in [0.2, 0.25) is 5.02 Å². The van der Waals surface area contributed by atoms with E-state index < -0.39 is 27.7 Å². The Labute approximate surface area is 222 Å². The number of alkyl halides is 3. The van der Waals surface area contributed by atoms with Gasteiger partial charge in [0.25, 0.3) is 15.9 Å². The second-order valence-electron chi connectivity index (χ2n) is 7.85. The van der Waals surface area contributed by atoms with Crippen molar-refractivity contribution in [3.8, 4) is 17.2 Å². The zero-order chi connectivity index (χ0) is 27.9. The van der Waals surface area contributed by atoms with Crippen molar-refractivity contribution in [2.45, 2.75) is 17.5 Å². The summed E-state index contributed by atoms with van der Waals surface area (Å²) in [7, 11) is -1.18. The van der Waals surface area contributed by atoms with Crippen LogP contribution in [0, 0.1) is 0 Å². The number of hydrogen-bond donors (Lipinski definition) is 2. The van der Waals surface area contributed by atoms with Crippen LogP contribution >= 0.6 is 11.6 Å². The molecule has 0 aromatic heterocycles. The largest absolute Gasteiger partial charge is 0.493 e. The molecule has 2 N–H and O–H groups in total. The third-order valence-electron chi connectivity index (χ3n) is 5.20. The lowest BCUT2D eigenvalue weighted by Gasteiger charge is -2.13. The molecule has 0 saturated carbocycles. The van der Waals surface area contributed by atoms with Crippen molar-refractivity contribution in [1.29, 1.82) is 0 Å². The molecule has 0 radical (unpaired) electrons. The van der Waals surface area contributed by atoms with E-state index in [2.05, 4.69) is 10.0 Å². The topological polar surface area (TPSA) is 103 Å². The van der Waals surface area contributed by atoms with Gasteiger partial charge in [0.15, 0.2) is 18.1 Å². The highest BCUT2D eigenvalue weighted by atomic mass is 35.5. The molecule has 3 aromatic carbocycles. The molecule has 0 bridgehead atoms. The quantitative estimate of drug-likeness (QED) is 0.338. The molecule has 0 heterocycles. The van der Waals surface area contributed by atoms with Crippen LogP contribution in [0.5, 0.6) is 17.2 Å². The Balaban J connectivity index is 1.55. The molecule has 38 heavy (non-hydrogen) atoms. The summed E-state index contributed by atoms with van der Waals surface area (Å²) in [5, 5.41) is 2.60. The van der Waals surface area contributed by atoms with Gasteiger partial charge in [-0.25, -0.2) is 8.42 Å². The van der Waals surface area contributed by atoms with Crippen molar-refractivity contribution in [3.05, 3.63) is 76.8 Å². The Morgan fingerprint density at radius 3 is 2.32 bits per heavy atom. The van der Waals surface area contributed by atoms with Crippen molar-refractivity contribution < 1.29 is 40.6 Å². The highest BCUT2D eigenvalue weighted by molar-refractivity contribution is 7.92. The van der Waals surface area contributed by atoms with Crippen LogP contribution in [0.4, 0.5) is 18.9 Å². The third kappa shape index (κ3) is 7.68. The highest BCUT2D eigenvalue weighted by Gasteiger charge is 2.30. The van der Waals surface area contributed by atoms with Crippen LogP contribution in [-0.2, 0) is 27.4 Å². The first-order valence-corrected chi connectivity index (χ1v) is 12.9. The molecule has 0 unspecified atom stereocenters. The Morgan fingerprint density at radius 2 is 1.66 bits per heavy atom. The zero-order valence-electron chi connectivity index (χ0n) is 20.3. The number of rotatable bonds is 11. The minimum atomic E-state index is -4.63.